The molecule has 1 aromatic rings. The molecule has 0 unspecified atom stereocenters. The van der Waals surface area contributed by atoms with Crippen LogP contribution in [0.15, 0.2) is 12.1 Å². The first kappa shape index (κ1) is 10.6. The molecule has 0 heterocycles. The van der Waals surface area contributed by atoms with Gasteiger partial charge in [-0.2, -0.15) is 8.78 Å². The summed E-state index contributed by atoms with van der Waals surface area (Å²) in [6.07, 6.45) is 0.272. The zero-order valence-electron chi connectivity index (χ0n) is 7.26. The molecule has 5 heteroatoms. The summed E-state index contributed by atoms with van der Waals surface area (Å²) in [5, 5.41) is 0. The average molecular weight is 204 g/mol. The van der Waals surface area contributed by atoms with Gasteiger partial charge in [0.25, 0.3) is 0 Å². The fourth-order valence-corrected chi connectivity index (χ4v) is 1.09. The Hall–Kier alpha value is -1.52. The van der Waals surface area contributed by atoms with E-state index in [9.17, 15) is 18.0 Å². The molecule has 0 bridgehead atoms. The lowest BCUT2D eigenvalue weighted by atomic mass is 10.1. The van der Waals surface area contributed by atoms with Crippen LogP contribution in [0.3, 0.4) is 0 Å². The Morgan fingerprint density at radius 1 is 1.43 bits per heavy atom. The van der Waals surface area contributed by atoms with Gasteiger partial charge in [-0.05, 0) is 24.6 Å². The lowest BCUT2D eigenvalue weighted by Crippen LogP contribution is -2.06. The van der Waals surface area contributed by atoms with Crippen LogP contribution in [0.1, 0.15) is 15.9 Å². The van der Waals surface area contributed by atoms with Crippen LogP contribution < -0.4 is 4.74 Å². The van der Waals surface area contributed by atoms with Gasteiger partial charge in [0.15, 0.2) is 6.29 Å². The third kappa shape index (κ3) is 2.25. The van der Waals surface area contributed by atoms with Crippen molar-refractivity contribution in [1.82, 2.24) is 0 Å². The zero-order chi connectivity index (χ0) is 10.7. The molecule has 0 aliphatic carbocycles. The second-order valence-electron chi connectivity index (χ2n) is 2.64. The number of rotatable bonds is 3. The highest BCUT2D eigenvalue weighted by molar-refractivity contribution is 5.80. The van der Waals surface area contributed by atoms with Gasteiger partial charge in [0.1, 0.15) is 11.6 Å². The van der Waals surface area contributed by atoms with Gasteiger partial charge < -0.3 is 4.74 Å². The minimum atomic E-state index is -3.03. The summed E-state index contributed by atoms with van der Waals surface area (Å²) in [7, 11) is 0. The van der Waals surface area contributed by atoms with E-state index in [-0.39, 0.29) is 23.2 Å². The lowest BCUT2D eigenvalue weighted by molar-refractivity contribution is -0.0505. The van der Waals surface area contributed by atoms with E-state index in [4.69, 9.17) is 0 Å². The molecule has 0 radical (unpaired) electrons. The number of hydrogen-bond acceptors (Lipinski definition) is 2. The van der Waals surface area contributed by atoms with Gasteiger partial charge in [-0.15, -0.1) is 0 Å². The molecule has 0 fully saturated rings. The number of carbonyl (C=O) groups is 1. The van der Waals surface area contributed by atoms with Crippen molar-refractivity contribution in [2.75, 3.05) is 0 Å². The first-order chi connectivity index (χ1) is 6.54. The highest BCUT2D eigenvalue weighted by Gasteiger charge is 2.13. The monoisotopic (exact) mass is 204 g/mol. The summed E-state index contributed by atoms with van der Waals surface area (Å²) in [4.78, 5) is 10.4. The minimum Gasteiger partial charge on any atom is -0.434 e. The molecule has 1 rings (SSSR count). The number of ether oxygens (including phenoxy) is 1. The van der Waals surface area contributed by atoms with Crippen molar-refractivity contribution in [3.63, 3.8) is 0 Å². The lowest BCUT2D eigenvalue weighted by Gasteiger charge is -2.09. The molecule has 14 heavy (non-hydrogen) atoms. The molecule has 2 nitrogen and oxygen atoms in total. The number of benzene rings is 1. The second-order valence-corrected chi connectivity index (χ2v) is 2.64. The van der Waals surface area contributed by atoms with Crippen LogP contribution in [0.4, 0.5) is 13.2 Å². The molecule has 0 aliphatic rings. The highest BCUT2D eigenvalue weighted by Crippen LogP contribution is 2.25. The Balaban J connectivity index is 3.18. The van der Waals surface area contributed by atoms with Crippen molar-refractivity contribution in [1.29, 1.82) is 0 Å². The van der Waals surface area contributed by atoms with E-state index in [0.717, 1.165) is 12.1 Å². The van der Waals surface area contributed by atoms with Crippen molar-refractivity contribution in [2.45, 2.75) is 13.5 Å². The van der Waals surface area contributed by atoms with Gasteiger partial charge in [-0.1, -0.05) is 0 Å². The van der Waals surface area contributed by atoms with Crippen LogP contribution in [0.25, 0.3) is 0 Å². The molecule has 0 amide bonds. The normalized spacial score (nSPS) is 10.4. The molecular weight excluding hydrogens is 197 g/mol. The van der Waals surface area contributed by atoms with E-state index in [1.807, 2.05) is 0 Å². The second kappa shape index (κ2) is 4.13. The summed E-state index contributed by atoms with van der Waals surface area (Å²) >= 11 is 0. The summed E-state index contributed by atoms with van der Waals surface area (Å²) in [5.41, 5.74) is -0.0600. The maximum Gasteiger partial charge on any atom is 0.387 e. The van der Waals surface area contributed by atoms with Crippen LogP contribution in [-0.4, -0.2) is 12.9 Å². The average Bonchev–Trinajstić information content (AvgIpc) is 2.08. The molecule has 0 aromatic heterocycles. The Morgan fingerprint density at radius 2 is 2.07 bits per heavy atom. The maximum absolute atomic E-state index is 12.7. The standard InChI is InChI=1S/C9H7F3O2/c1-5-2-7(10)3-6(4-13)8(5)14-9(11)12/h2-4,9H,1H3. The van der Waals surface area contributed by atoms with E-state index in [2.05, 4.69) is 4.74 Å². The number of halogens is 3. The Morgan fingerprint density at radius 3 is 2.57 bits per heavy atom. The molecule has 0 saturated heterocycles. The Labute approximate surface area is 78.3 Å². The third-order valence-electron chi connectivity index (χ3n) is 1.60. The van der Waals surface area contributed by atoms with E-state index in [1.54, 1.807) is 0 Å². The molecular formula is C9H7F3O2. The highest BCUT2D eigenvalue weighted by atomic mass is 19.3. The van der Waals surface area contributed by atoms with Gasteiger partial charge >= 0.3 is 6.61 Å². The molecule has 0 N–H and O–H groups in total. The van der Waals surface area contributed by atoms with Crippen molar-refractivity contribution in [3.8, 4) is 5.75 Å². The van der Waals surface area contributed by atoms with Crippen LogP contribution in [-0.2, 0) is 0 Å². The Bertz CT molecular complexity index is 350. The van der Waals surface area contributed by atoms with E-state index in [1.165, 1.54) is 6.92 Å². The third-order valence-corrected chi connectivity index (χ3v) is 1.60. The van der Waals surface area contributed by atoms with E-state index in [0.29, 0.717) is 0 Å². The van der Waals surface area contributed by atoms with E-state index >= 15 is 0 Å². The van der Waals surface area contributed by atoms with Gasteiger partial charge in [0, 0.05) is 0 Å². The van der Waals surface area contributed by atoms with Crippen LogP contribution in [0, 0.1) is 12.7 Å². The quantitative estimate of drug-likeness (QED) is 0.707. The predicted molar refractivity (Wildman–Crippen MR) is 43.2 cm³/mol. The van der Waals surface area contributed by atoms with Crippen molar-refractivity contribution in [2.24, 2.45) is 0 Å². The summed E-state index contributed by atoms with van der Waals surface area (Å²) in [6.45, 7) is -1.65. The van der Waals surface area contributed by atoms with Gasteiger partial charge in [-0.25, -0.2) is 4.39 Å². The molecule has 0 aliphatic heterocycles. The van der Waals surface area contributed by atoms with Gasteiger partial charge in [0.05, 0.1) is 5.56 Å². The number of aryl methyl sites for hydroxylation is 1. The Kier molecular flexibility index (Phi) is 3.11. The first-order valence-corrected chi connectivity index (χ1v) is 3.74. The van der Waals surface area contributed by atoms with Gasteiger partial charge in [-0.3, -0.25) is 4.79 Å². The van der Waals surface area contributed by atoms with Crippen LogP contribution in [0.5, 0.6) is 5.75 Å². The summed E-state index contributed by atoms with van der Waals surface area (Å²) in [6, 6.07) is 1.86. The smallest absolute Gasteiger partial charge is 0.387 e. The number of carbonyl (C=O) groups excluding carboxylic acids is 1. The van der Waals surface area contributed by atoms with Gasteiger partial charge in [0.2, 0.25) is 0 Å². The molecule has 1 aromatic carbocycles. The number of alkyl halides is 2. The SMILES string of the molecule is Cc1cc(F)cc(C=O)c1OC(F)F. The fourth-order valence-electron chi connectivity index (χ4n) is 1.09. The summed E-state index contributed by atoms with van der Waals surface area (Å²) in [5.74, 6) is -0.942. The van der Waals surface area contributed by atoms with Crippen LogP contribution >= 0.6 is 0 Å². The predicted octanol–water partition coefficient (Wildman–Crippen LogP) is 2.55. The van der Waals surface area contributed by atoms with Crippen molar-refractivity contribution >= 4 is 6.29 Å². The molecule has 0 saturated carbocycles. The largest absolute Gasteiger partial charge is 0.434 e. The van der Waals surface area contributed by atoms with E-state index < -0.39 is 12.4 Å². The number of hydrogen-bond donors (Lipinski definition) is 0. The van der Waals surface area contributed by atoms with Crippen LogP contribution in [0.2, 0.25) is 0 Å². The van der Waals surface area contributed by atoms with Crippen molar-refractivity contribution in [3.05, 3.63) is 29.1 Å². The number of aldehydes is 1. The topological polar surface area (TPSA) is 26.3 Å². The zero-order valence-corrected chi connectivity index (χ0v) is 7.26. The molecule has 76 valence electrons. The first-order valence-electron chi connectivity index (χ1n) is 3.74. The van der Waals surface area contributed by atoms with Crippen molar-refractivity contribution < 1.29 is 22.7 Å². The minimum absolute atomic E-state index is 0.160. The maximum atomic E-state index is 12.7. The summed E-state index contributed by atoms with van der Waals surface area (Å²) < 4.78 is 40.6. The molecule has 0 spiro atoms. The fraction of sp³-hybridized carbons (Fsp3) is 0.222. The molecule has 0 atom stereocenters.